The molecule has 1 aromatic heterocycles. The van der Waals surface area contributed by atoms with Crippen LogP contribution in [0.4, 0.5) is 0 Å². The lowest BCUT2D eigenvalue weighted by Gasteiger charge is -2.34. The lowest BCUT2D eigenvalue weighted by molar-refractivity contribution is -0.131. The molecule has 3 aromatic rings. The molecule has 1 saturated heterocycles. The molecule has 0 radical (unpaired) electrons. The van der Waals surface area contributed by atoms with E-state index < -0.39 is 10.0 Å². The van der Waals surface area contributed by atoms with Gasteiger partial charge in [0, 0.05) is 37.1 Å². The average molecular weight is 428 g/mol. The summed E-state index contributed by atoms with van der Waals surface area (Å²) >= 11 is 1.52. The highest BCUT2D eigenvalue weighted by molar-refractivity contribution is 7.89. The number of hydrogen-bond acceptors (Lipinski definition) is 5. The molecule has 1 fully saturated rings. The van der Waals surface area contributed by atoms with Crippen LogP contribution >= 0.6 is 11.3 Å². The molecule has 0 unspecified atom stereocenters. The number of benzene rings is 2. The fourth-order valence-corrected chi connectivity index (χ4v) is 5.56. The summed E-state index contributed by atoms with van der Waals surface area (Å²) in [5.74, 6) is -0.0216. The molecule has 0 aliphatic carbocycles. The first kappa shape index (κ1) is 19.8. The van der Waals surface area contributed by atoms with Crippen molar-refractivity contribution < 1.29 is 13.2 Å². The zero-order chi connectivity index (χ0) is 20.3. The Morgan fingerprint density at radius 2 is 1.55 bits per heavy atom. The second kappa shape index (κ2) is 8.44. The summed E-state index contributed by atoms with van der Waals surface area (Å²) in [5, 5.41) is 2.81. The van der Waals surface area contributed by atoms with E-state index in [1.165, 1.54) is 15.6 Å². The molecular weight excluding hydrogens is 406 g/mol. The van der Waals surface area contributed by atoms with Crippen LogP contribution in [-0.2, 0) is 21.2 Å². The Labute approximate surface area is 174 Å². The predicted molar refractivity (Wildman–Crippen MR) is 113 cm³/mol. The number of sulfonamides is 1. The fourth-order valence-electron chi connectivity index (χ4n) is 3.29. The van der Waals surface area contributed by atoms with Crippen LogP contribution in [0.1, 0.15) is 5.69 Å². The van der Waals surface area contributed by atoms with Crippen LogP contribution in [0.15, 0.2) is 70.9 Å². The molecule has 0 saturated carbocycles. The van der Waals surface area contributed by atoms with Gasteiger partial charge in [0.15, 0.2) is 0 Å². The van der Waals surface area contributed by atoms with Gasteiger partial charge < -0.3 is 4.90 Å². The smallest absolute Gasteiger partial charge is 0.243 e. The van der Waals surface area contributed by atoms with E-state index in [1.807, 2.05) is 35.7 Å². The summed E-state index contributed by atoms with van der Waals surface area (Å²) in [6.07, 6.45) is 0.231. The molecule has 1 aliphatic rings. The van der Waals surface area contributed by atoms with Crippen molar-refractivity contribution in [3.8, 4) is 10.6 Å². The molecule has 0 bridgehead atoms. The highest BCUT2D eigenvalue weighted by Crippen LogP contribution is 2.24. The molecule has 0 atom stereocenters. The number of aromatic nitrogens is 1. The summed E-state index contributed by atoms with van der Waals surface area (Å²) in [6, 6.07) is 18.3. The molecule has 4 rings (SSSR count). The SMILES string of the molecule is O=C(Cc1csc(-c2ccccc2)n1)N1CCN(S(=O)(=O)c2ccccc2)CC1. The maximum absolute atomic E-state index is 12.7. The van der Waals surface area contributed by atoms with Crippen LogP contribution < -0.4 is 0 Å². The molecule has 2 heterocycles. The van der Waals surface area contributed by atoms with Crippen molar-refractivity contribution >= 4 is 27.3 Å². The molecular formula is C21H21N3O3S2. The van der Waals surface area contributed by atoms with E-state index in [2.05, 4.69) is 4.98 Å². The second-order valence-electron chi connectivity index (χ2n) is 6.78. The van der Waals surface area contributed by atoms with Gasteiger partial charge in [0.1, 0.15) is 5.01 Å². The summed E-state index contributed by atoms with van der Waals surface area (Å²) in [7, 11) is -3.51. The number of rotatable bonds is 5. The first-order chi connectivity index (χ1) is 14.0. The first-order valence-electron chi connectivity index (χ1n) is 9.37. The minimum Gasteiger partial charge on any atom is -0.340 e. The third-order valence-corrected chi connectivity index (χ3v) is 7.73. The third kappa shape index (κ3) is 4.39. The van der Waals surface area contributed by atoms with E-state index in [1.54, 1.807) is 35.2 Å². The molecule has 6 nitrogen and oxygen atoms in total. The standard InChI is InChI=1S/C21H21N3O3S2/c25-20(15-18-16-28-21(22-18)17-7-3-1-4-8-17)23-11-13-24(14-12-23)29(26,27)19-9-5-2-6-10-19/h1-10,16H,11-15H2. The quantitative estimate of drug-likeness (QED) is 0.628. The summed E-state index contributed by atoms with van der Waals surface area (Å²) in [6.45, 7) is 1.38. The van der Waals surface area contributed by atoms with Gasteiger partial charge in [0.05, 0.1) is 17.0 Å². The molecule has 150 valence electrons. The van der Waals surface area contributed by atoms with E-state index in [4.69, 9.17) is 0 Å². The van der Waals surface area contributed by atoms with Crippen LogP contribution in [0, 0.1) is 0 Å². The molecule has 0 N–H and O–H groups in total. The summed E-state index contributed by atoms with van der Waals surface area (Å²) in [4.78, 5) is 19.2. The Balaban J connectivity index is 1.36. The topological polar surface area (TPSA) is 70.6 Å². The van der Waals surface area contributed by atoms with Gasteiger partial charge in [0.25, 0.3) is 0 Å². The van der Waals surface area contributed by atoms with Gasteiger partial charge in [-0.15, -0.1) is 11.3 Å². The maximum Gasteiger partial charge on any atom is 0.243 e. The van der Waals surface area contributed by atoms with Crippen molar-refractivity contribution in [1.29, 1.82) is 0 Å². The van der Waals surface area contributed by atoms with E-state index in [0.29, 0.717) is 26.2 Å². The maximum atomic E-state index is 12.7. The van der Waals surface area contributed by atoms with Crippen LogP contribution in [0.3, 0.4) is 0 Å². The first-order valence-corrected chi connectivity index (χ1v) is 11.7. The van der Waals surface area contributed by atoms with E-state index in [0.717, 1.165) is 16.3 Å². The van der Waals surface area contributed by atoms with E-state index in [9.17, 15) is 13.2 Å². The van der Waals surface area contributed by atoms with Crippen molar-refractivity contribution in [2.75, 3.05) is 26.2 Å². The predicted octanol–water partition coefficient (Wildman–Crippen LogP) is 2.89. The van der Waals surface area contributed by atoms with Crippen LogP contribution in [0.2, 0.25) is 0 Å². The molecule has 8 heteroatoms. The van der Waals surface area contributed by atoms with Crippen molar-refractivity contribution in [3.05, 3.63) is 71.7 Å². The average Bonchev–Trinajstić information content (AvgIpc) is 3.23. The number of thiazole rings is 1. The van der Waals surface area contributed by atoms with Gasteiger partial charge in [-0.2, -0.15) is 4.31 Å². The Morgan fingerprint density at radius 1 is 0.931 bits per heavy atom. The number of amides is 1. The molecule has 29 heavy (non-hydrogen) atoms. The number of carbonyl (C=O) groups is 1. The summed E-state index contributed by atoms with van der Waals surface area (Å²) in [5.41, 5.74) is 1.79. The normalized spacial score (nSPS) is 15.4. The van der Waals surface area contributed by atoms with Crippen LogP contribution in [-0.4, -0.2) is 54.7 Å². The van der Waals surface area contributed by atoms with Gasteiger partial charge in [-0.3, -0.25) is 4.79 Å². The van der Waals surface area contributed by atoms with Crippen molar-refractivity contribution in [3.63, 3.8) is 0 Å². The molecule has 2 aromatic carbocycles. The Hall–Kier alpha value is -2.55. The van der Waals surface area contributed by atoms with Crippen LogP contribution in [0.5, 0.6) is 0 Å². The highest BCUT2D eigenvalue weighted by atomic mass is 32.2. The minimum absolute atomic E-state index is 0.0216. The van der Waals surface area contributed by atoms with Crippen LogP contribution in [0.25, 0.3) is 10.6 Å². The lowest BCUT2D eigenvalue weighted by Crippen LogP contribution is -2.50. The summed E-state index contributed by atoms with van der Waals surface area (Å²) < 4.78 is 26.9. The van der Waals surface area contributed by atoms with Gasteiger partial charge in [-0.05, 0) is 12.1 Å². The fraction of sp³-hybridized carbons (Fsp3) is 0.238. The third-order valence-electron chi connectivity index (χ3n) is 4.88. The lowest BCUT2D eigenvalue weighted by atomic mass is 10.2. The van der Waals surface area contributed by atoms with Gasteiger partial charge in [-0.1, -0.05) is 48.5 Å². The van der Waals surface area contributed by atoms with E-state index >= 15 is 0 Å². The minimum atomic E-state index is -3.51. The van der Waals surface area contributed by atoms with Crippen molar-refractivity contribution in [2.24, 2.45) is 0 Å². The van der Waals surface area contributed by atoms with Crippen molar-refractivity contribution in [1.82, 2.24) is 14.2 Å². The van der Waals surface area contributed by atoms with Crippen molar-refractivity contribution in [2.45, 2.75) is 11.3 Å². The second-order valence-corrected chi connectivity index (χ2v) is 9.58. The molecule has 1 aliphatic heterocycles. The molecule has 1 amide bonds. The largest absolute Gasteiger partial charge is 0.340 e. The monoisotopic (exact) mass is 427 g/mol. The number of carbonyl (C=O) groups excluding carboxylic acids is 1. The Kier molecular flexibility index (Phi) is 5.75. The Bertz CT molecular complexity index is 1070. The van der Waals surface area contributed by atoms with Gasteiger partial charge in [-0.25, -0.2) is 13.4 Å². The highest BCUT2D eigenvalue weighted by Gasteiger charge is 2.30. The number of piperazine rings is 1. The molecule has 0 spiro atoms. The van der Waals surface area contributed by atoms with E-state index in [-0.39, 0.29) is 17.2 Å². The zero-order valence-electron chi connectivity index (χ0n) is 15.8. The van der Waals surface area contributed by atoms with Gasteiger partial charge in [0.2, 0.25) is 15.9 Å². The zero-order valence-corrected chi connectivity index (χ0v) is 17.4. The van der Waals surface area contributed by atoms with Gasteiger partial charge >= 0.3 is 0 Å². The number of nitrogens with zero attached hydrogens (tertiary/aromatic N) is 3. The number of hydrogen-bond donors (Lipinski definition) is 0. The Morgan fingerprint density at radius 3 is 2.21 bits per heavy atom.